The Morgan fingerprint density at radius 1 is 0.962 bits per heavy atom. The molecule has 0 atom stereocenters. The number of hydrogen-bond acceptors (Lipinski definition) is 2. The van der Waals surface area contributed by atoms with Crippen molar-refractivity contribution in [2.24, 2.45) is 0 Å². The first-order valence-corrected chi connectivity index (χ1v) is 10.1. The second-order valence-electron chi connectivity index (χ2n) is 6.16. The summed E-state index contributed by atoms with van der Waals surface area (Å²) in [6, 6.07) is 18.5. The van der Waals surface area contributed by atoms with Gasteiger partial charge in [0.25, 0.3) is 0 Å². The van der Waals surface area contributed by atoms with Crippen LogP contribution < -0.4 is 4.72 Å². The summed E-state index contributed by atoms with van der Waals surface area (Å²) in [4.78, 5) is 3.46. The third-order valence-electron chi connectivity index (χ3n) is 4.45. The van der Waals surface area contributed by atoms with Crippen LogP contribution in [0.2, 0.25) is 5.02 Å². The SMILES string of the molecule is O=S(=O)(NCCc1c[nH]c2ccc(Cl)cc12)c1ccc2ccccc2c1. The molecule has 1 heterocycles. The minimum atomic E-state index is -3.55. The molecule has 0 spiro atoms. The summed E-state index contributed by atoms with van der Waals surface area (Å²) >= 11 is 6.06. The van der Waals surface area contributed by atoms with Crippen molar-refractivity contribution in [3.63, 3.8) is 0 Å². The summed E-state index contributed by atoms with van der Waals surface area (Å²) in [5.41, 5.74) is 2.02. The van der Waals surface area contributed by atoms with Gasteiger partial charge in [-0.15, -0.1) is 0 Å². The van der Waals surface area contributed by atoms with Gasteiger partial charge in [0.2, 0.25) is 10.0 Å². The molecule has 0 aliphatic rings. The number of nitrogens with one attached hydrogen (secondary N) is 2. The number of H-pyrrole nitrogens is 1. The van der Waals surface area contributed by atoms with E-state index in [1.165, 1.54) is 0 Å². The lowest BCUT2D eigenvalue weighted by Crippen LogP contribution is -2.25. The smallest absolute Gasteiger partial charge is 0.240 e. The third kappa shape index (κ3) is 3.33. The van der Waals surface area contributed by atoms with E-state index in [2.05, 4.69) is 9.71 Å². The summed E-state index contributed by atoms with van der Waals surface area (Å²) in [7, 11) is -3.55. The summed E-state index contributed by atoms with van der Waals surface area (Å²) in [6.07, 6.45) is 2.47. The Morgan fingerprint density at radius 2 is 1.77 bits per heavy atom. The maximum absolute atomic E-state index is 12.6. The zero-order valence-corrected chi connectivity index (χ0v) is 15.4. The summed E-state index contributed by atoms with van der Waals surface area (Å²) in [5, 5.41) is 3.60. The molecule has 132 valence electrons. The molecule has 0 bridgehead atoms. The molecular formula is C20H17ClN2O2S. The second kappa shape index (κ2) is 6.76. The van der Waals surface area contributed by atoms with Gasteiger partial charge in [0.1, 0.15) is 0 Å². The van der Waals surface area contributed by atoms with Crippen LogP contribution in [0.5, 0.6) is 0 Å². The molecule has 0 unspecified atom stereocenters. The van der Waals surface area contributed by atoms with Gasteiger partial charge in [-0.1, -0.05) is 41.9 Å². The molecule has 0 radical (unpaired) electrons. The largest absolute Gasteiger partial charge is 0.361 e. The van der Waals surface area contributed by atoms with E-state index in [9.17, 15) is 8.42 Å². The fourth-order valence-corrected chi connectivity index (χ4v) is 4.33. The van der Waals surface area contributed by atoms with Crippen LogP contribution >= 0.6 is 11.6 Å². The summed E-state index contributed by atoms with van der Waals surface area (Å²) in [6.45, 7) is 0.314. The highest BCUT2D eigenvalue weighted by atomic mass is 35.5. The Labute approximate surface area is 156 Å². The van der Waals surface area contributed by atoms with Gasteiger partial charge in [-0.05, 0) is 53.1 Å². The standard InChI is InChI=1S/C20H17ClN2O2S/c21-17-6-8-20-19(12-17)16(13-22-20)9-10-23-26(24,25)18-7-5-14-3-1-2-4-15(14)11-18/h1-8,11-13,22-23H,9-10H2. The van der Waals surface area contributed by atoms with Crippen LogP contribution in [0.1, 0.15) is 5.56 Å². The molecule has 0 saturated carbocycles. The molecule has 3 aromatic carbocycles. The lowest BCUT2D eigenvalue weighted by atomic mass is 10.1. The summed E-state index contributed by atoms with van der Waals surface area (Å²) in [5.74, 6) is 0. The zero-order chi connectivity index (χ0) is 18.1. The van der Waals surface area contributed by atoms with Crippen molar-refractivity contribution in [1.82, 2.24) is 9.71 Å². The minimum absolute atomic E-state index is 0.276. The molecule has 0 aliphatic carbocycles. The van der Waals surface area contributed by atoms with Gasteiger partial charge < -0.3 is 4.98 Å². The van der Waals surface area contributed by atoms with Gasteiger partial charge in [0.05, 0.1) is 4.90 Å². The van der Waals surface area contributed by atoms with Gasteiger partial charge in [-0.25, -0.2) is 13.1 Å². The van der Waals surface area contributed by atoms with Crippen molar-refractivity contribution < 1.29 is 8.42 Å². The van der Waals surface area contributed by atoms with Crippen molar-refractivity contribution in [3.05, 3.63) is 77.4 Å². The lowest BCUT2D eigenvalue weighted by molar-refractivity contribution is 0.582. The second-order valence-corrected chi connectivity index (χ2v) is 8.36. The normalized spacial score (nSPS) is 12.0. The average Bonchev–Trinajstić information content (AvgIpc) is 3.03. The van der Waals surface area contributed by atoms with E-state index in [0.717, 1.165) is 27.2 Å². The van der Waals surface area contributed by atoms with Crippen molar-refractivity contribution in [1.29, 1.82) is 0 Å². The van der Waals surface area contributed by atoms with E-state index in [1.807, 2.05) is 54.7 Å². The molecular weight excluding hydrogens is 368 g/mol. The zero-order valence-electron chi connectivity index (χ0n) is 13.9. The maximum Gasteiger partial charge on any atom is 0.240 e. The molecule has 1 aromatic heterocycles. The van der Waals surface area contributed by atoms with E-state index in [4.69, 9.17) is 11.6 Å². The van der Waals surface area contributed by atoms with Crippen LogP contribution in [-0.2, 0) is 16.4 Å². The number of hydrogen-bond donors (Lipinski definition) is 2. The molecule has 2 N–H and O–H groups in total. The Morgan fingerprint density at radius 3 is 2.62 bits per heavy atom. The van der Waals surface area contributed by atoms with Crippen molar-refractivity contribution in [2.45, 2.75) is 11.3 Å². The lowest BCUT2D eigenvalue weighted by Gasteiger charge is -2.08. The molecule has 26 heavy (non-hydrogen) atoms. The van der Waals surface area contributed by atoms with Gasteiger partial charge >= 0.3 is 0 Å². The molecule has 0 saturated heterocycles. The average molecular weight is 385 g/mol. The predicted octanol–water partition coefficient (Wildman–Crippen LogP) is 4.50. The number of rotatable bonds is 5. The van der Waals surface area contributed by atoms with Crippen molar-refractivity contribution in [3.8, 4) is 0 Å². The van der Waals surface area contributed by atoms with Crippen molar-refractivity contribution in [2.75, 3.05) is 6.54 Å². The molecule has 0 aliphatic heterocycles. The third-order valence-corrected chi connectivity index (χ3v) is 6.14. The fraction of sp³-hybridized carbons (Fsp3) is 0.100. The fourth-order valence-electron chi connectivity index (χ4n) is 3.10. The Kier molecular flexibility index (Phi) is 4.44. The number of benzene rings is 3. The molecule has 6 heteroatoms. The molecule has 4 aromatic rings. The highest BCUT2D eigenvalue weighted by Crippen LogP contribution is 2.23. The topological polar surface area (TPSA) is 62.0 Å². The Bertz CT molecular complexity index is 1200. The van der Waals surface area contributed by atoms with Crippen LogP contribution in [0, 0.1) is 0 Å². The number of aromatic amines is 1. The van der Waals surface area contributed by atoms with Gasteiger partial charge in [0.15, 0.2) is 0 Å². The summed E-state index contributed by atoms with van der Waals surface area (Å²) < 4.78 is 27.8. The molecule has 0 amide bonds. The maximum atomic E-state index is 12.6. The number of aromatic nitrogens is 1. The van der Waals surface area contributed by atoms with E-state index in [1.54, 1.807) is 12.1 Å². The van der Waals surface area contributed by atoms with Crippen LogP contribution in [0.25, 0.3) is 21.7 Å². The highest BCUT2D eigenvalue weighted by Gasteiger charge is 2.14. The number of fused-ring (bicyclic) bond motifs is 2. The highest BCUT2D eigenvalue weighted by molar-refractivity contribution is 7.89. The van der Waals surface area contributed by atoms with E-state index >= 15 is 0 Å². The number of sulfonamides is 1. The predicted molar refractivity (Wildman–Crippen MR) is 106 cm³/mol. The minimum Gasteiger partial charge on any atom is -0.361 e. The van der Waals surface area contributed by atoms with E-state index < -0.39 is 10.0 Å². The Balaban J connectivity index is 1.51. The monoisotopic (exact) mass is 384 g/mol. The molecule has 0 fully saturated rings. The Hall–Kier alpha value is -2.34. The van der Waals surface area contributed by atoms with Gasteiger partial charge in [-0.2, -0.15) is 0 Å². The first-order chi connectivity index (χ1) is 12.5. The first kappa shape index (κ1) is 17.1. The number of halogens is 1. The molecule has 4 nitrogen and oxygen atoms in total. The van der Waals surface area contributed by atoms with Gasteiger partial charge in [0, 0.05) is 28.7 Å². The van der Waals surface area contributed by atoms with Crippen LogP contribution in [-0.4, -0.2) is 19.9 Å². The quantitative estimate of drug-likeness (QED) is 0.532. The van der Waals surface area contributed by atoms with Crippen LogP contribution in [0.3, 0.4) is 0 Å². The van der Waals surface area contributed by atoms with Gasteiger partial charge in [-0.3, -0.25) is 0 Å². The first-order valence-electron chi connectivity index (χ1n) is 8.27. The van der Waals surface area contributed by atoms with Crippen LogP contribution in [0.15, 0.2) is 71.8 Å². The van der Waals surface area contributed by atoms with E-state index in [0.29, 0.717) is 18.0 Å². The molecule has 4 rings (SSSR count). The van der Waals surface area contributed by atoms with Crippen molar-refractivity contribution >= 4 is 43.3 Å². The van der Waals surface area contributed by atoms with Crippen LogP contribution in [0.4, 0.5) is 0 Å². The van der Waals surface area contributed by atoms with E-state index in [-0.39, 0.29) is 4.90 Å².